The van der Waals surface area contributed by atoms with E-state index in [1.165, 1.54) is 23.1 Å². The second kappa shape index (κ2) is 10.8. The number of carbonyl (C=O) groups excluding carboxylic acids is 1. The molecule has 0 aliphatic rings. The molecule has 0 bridgehead atoms. The van der Waals surface area contributed by atoms with Crippen molar-refractivity contribution in [1.29, 1.82) is 0 Å². The lowest BCUT2D eigenvalue weighted by Gasteiger charge is -2.10. The number of thiazole rings is 1. The molecule has 1 aromatic carbocycles. The van der Waals surface area contributed by atoms with Gasteiger partial charge < -0.3 is 5.32 Å². The Morgan fingerprint density at radius 2 is 1.94 bits per heavy atom. The van der Waals surface area contributed by atoms with Gasteiger partial charge in [-0.05, 0) is 42.5 Å². The third-order valence-corrected chi connectivity index (χ3v) is 7.11. The molecule has 0 saturated heterocycles. The van der Waals surface area contributed by atoms with Crippen LogP contribution in [-0.4, -0.2) is 35.6 Å². The second-order valence-electron chi connectivity index (χ2n) is 7.28. The fraction of sp³-hybridized carbons (Fsp3) is 0.0833. The number of hydrogen-bond acceptors (Lipinski definition) is 8. The number of rotatable bonds is 8. The van der Waals surface area contributed by atoms with Gasteiger partial charge >= 0.3 is 0 Å². The highest BCUT2D eigenvalue weighted by atomic mass is 35.5. The van der Waals surface area contributed by atoms with Crippen LogP contribution in [0.4, 0.5) is 0 Å². The zero-order chi connectivity index (χ0) is 24.0. The number of hydrogen-bond donors (Lipinski definition) is 1. The molecule has 11 heteroatoms. The Kier molecular flexibility index (Phi) is 7.12. The molecular formula is C24H18ClN7OS2. The summed E-state index contributed by atoms with van der Waals surface area (Å²) in [5.41, 5.74) is 2.92. The van der Waals surface area contributed by atoms with E-state index >= 15 is 0 Å². The SMILES string of the molecule is O=C(NCc1ccccn1)c1csc(CSc2nnc(-c3ccncc3)n2-c2cccc(Cl)c2)n1. The Balaban J connectivity index is 1.33. The molecule has 35 heavy (non-hydrogen) atoms. The summed E-state index contributed by atoms with van der Waals surface area (Å²) in [6, 6.07) is 16.9. The van der Waals surface area contributed by atoms with Crippen molar-refractivity contribution in [2.45, 2.75) is 17.5 Å². The fourth-order valence-electron chi connectivity index (χ4n) is 3.27. The zero-order valence-electron chi connectivity index (χ0n) is 18.2. The lowest BCUT2D eigenvalue weighted by atomic mass is 10.2. The number of halogens is 1. The van der Waals surface area contributed by atoms with E-state index in [9.17, 15) is 4.79 Å². The topological polar surface area (TPSA) is 98.5 Å². The van der Waals surface area contributed by atoms with Gasteiger partial charge in [0.25, 0.3) is 5.91 Å². The van der Waals surface area contributed by atoms with E-state index in [1.54, 1.807) is 24.0 Å². The molecule has 5 aromatic rings. The van der Waals surface area contributed by atoms with Gasteiger partial charge in [-0.25, -0.2) is 4.98 Å². The Morgan fingerprint density at radius 3 is 2.74 bits per heavy atom. The third kappa shape index (κ3) is 5.56. The first kappa shape index (κ1) is 23.2. The second-order valence-corrected chi connectivity index (χ2v) is 9.60. The highest BCUT2D eigenvalue weighted by Gasteiger charge is 2.18. The predicted molar refractivity (Wildman–Crippen MR) is 137 cm³/mol. The van der Waals surface area contributed by atoms with Crippen LogP contribution in [0, 0.1) is 0 Å². The van der Waals surface area contributed by atoms with Crippen LogP contribution in [-0.2, 0) is 12.3 Å². The van der Waals surface area contributed by atoms with Crippen molar-refractivity contribution in [3.63, 3.8) is 0 Å². The summed E-state index contributed by atoms with van der Waals surface area (Å²) < 4.78 is 1.96. The van der Waals surface area contributed by atoms with Gasteiger partial charge in [-0.2, -0.15) is 0 Å². The minimum atomic E-state index is -0.231. The minimum absolute atomic E-state index is 0.231. The van der Waals surface area contributed by atoms with Crippen molar-refractivity contribution in [1.82, 2.24) is 35.0 Å². The largest absolute Gasteiger partial charge is 0.345 e. The number of benzene rings is 1. The van der Waals surface area contributed by atoms with Gasteiger partial charge in [0.2, 0.25) is 0 Å². The molecule has 1 amide bonds. The van der Waals surface area contributed by atoms with Crippen molar-refractivity contribution in [3.05, 3.63) is 100.0 Å². The van der Waals surface area contributed by atoms with Gasteiger partial charge in [0.15, 0.2) is 11.0 Å². The Bertz CT molecular complexity index is 1440. The van der Waals surface area contributed by atoms with E-state index < -0.39 is 0 Å². The maximum Gasteiger partial charge on any atom is 0.271 e. The smallest absolute Gasteiger partial charge is 0.271 e. The molecule has 0 aliphatic carbocycles. The summed E-state index contributed by atoms with van der Waals surface area (Å²) in [5, 5.41) is 15.6. The monoisotopic (exact) mass is 519 g/mol. The van der Waals surface area contributed by atoms with Crippen LogP contribution in [0.5, 0.6) is 0 Å². The number of pyridine rings is 2. The number of amides is 1. The number of nitrogens with zero attached hydrogens (tertiary/aromatic N) is 6. The lowest BCUT2D eigenvalue weighted by molar-refractivity contribution is 0.0946. The minimum Gasteiger partial charge on any atom is -0.345 e. The van der Waals surface area contributed by atoms with Crippen LogP contribution in [0.1, 0.15) is 21.2 Å². The highest BCUT2D eigenvalue weighted by molar-refractivity contribution is 7.98. The van der Waals surface area contributed by atoms with Gasteiger partial charge in [0, 0.05) is 34.6 Å². The van der Waals surface area contributed by atoms with E-state index in [0.29, 0.717) is 34.0 Å². The fourth-order valence-corrected chi connectivity index (χ4v) is 5.20. The number of nitrogens with one attached hydrogen (secondary N) is 1. The third-order valence-electron chi connectivity index (χ3n) is 4.90. The maximum absolute atomic E-state index is 12.5. The molecular weight excluding hydrogens is 502 g/mol. The predicted octanol–water partition coefficient (Wildman–Crippen LogP) is 5.06. The summed E-state index contributed by atoms with van der Waals surface area (Å²) in [7, 11) is 0. The Morgan fingerprint density at radius 1 is 1.06 bits per heavy atom. The quantitative estimate of drug-likeness (QED) is 0.286. The molecule has 0 saturated carbocycles. The molecule has 0 atom stereocenters. The first-order valence-electron chi connectivity index (χ1n) is 10.5. The molecule has 5 rings (SSSR count). The van der Waals surface area contributed by atoms with Crippen molar-refractivity contribution < 1.29 is 4.79 Å². The van der Waals surface area contributed by atoms with E-state index in [4.69, 9.17) is 11.6 Å². The summed E-state index contributed by atoms with van der Waals surface area (Å²) in [4.78, 5) is 25.3. The first-order chi connectivity index (χ1) is 17.2. The van der Waals surface area contributed by atoms with Crippen LogP contribution in [0.15, 0.2) is 83.7 Å². The molecule has 0 radical (unpaired) electrons. The molecule has 4 heterocycles. The average molecular weight is 520 g/mol. The standard InChI is InChI=1S/C24H18ClN7OS2/c25-17-4-3-6-19(12-17)32-22(16-7-10-26-11-8-16)30-31-24(32)35-15-21-29-20(14-34-21)23(33)28-13-18-5-1-2-9-27-18/h1-12,14H,13,15H2,(H,28,33). The molecule has 4 aromatic heterocycles. The summed E-state index contributed by atoms with van der Waals surface area (Å²) in [6.45, 7) is 0.349. The molecule has 0 fully saturated rings. The van der Waals surface area contributed by atoms with Gasteiger partial charge in [-0.1, -0.05) is 35.5 Å². The van der Waals surface area contributed by atoms with E-state index in [0.717, 1.165) is 22.0 Å². The van der Waals surface area contributed by atoms with Gasteiger partial charge in [-0.3, -0.25) is 19.3 Å². The van der Waals surface area contributed by atoms with E-state index in [-0.39, 0.29) is 5.91 Å². The summed E-state index contributed by atoms with van der Waals surface area (Å²) in [6.07, 6.45) is 5.13. The number of aromatic nitrogens is 6. The molecule has 8 nitrogen and oxygen atoms in total. The van der Waals surface area contributed by atoms with Crippen molar-refractivity contribution >= 4 is 40.6 Å². The van der Waals surface area contributed by atoms with Gasteiger partial charge in [0.1, 0.15) is 10.7 Å². The van der Waals surface area contributed by atoms with Crippen LogP contribution in [0.3, 0.4) is 0 Å². The van der Waals surface area contributed by atoms with Crippen LogP contribution >= 0.6 is 34.7 Å². The lowest BCUT2D eigenvalue weighted by Crippen LogP contribution is -2.23. The molecule has 0 aliphatic heterocycles. The number of carbonyl (C=O) groups is 1. The average Bonchev–Trinajstić information content (AvgIpc) is 3.55. The van der Waals surface area contributed by atoms with Crippen LogP contribution in [0.2, 0.25) is 5.02 Å². The first-order valence-corrected chi connectivity index (χ1v) is 12.8. The Hall–Kier alpha value is -3.60. The summed E-state index contributed by atoms with van der Waals surface area (Å²) >= 11 is 9.18. The maximum atomic E-state index is 12.5. The van der Waals surface area contributed by atoms with Crippen LogP contribution < -0.4 is 5.32 Å². The van der Waals surface area contributed by atoms with Gasteiger partial charge in [0.05, 0.1) is 23.7 Å². The Labute approximate surface area is 214 Å². The van der Waals surface area contributed by atoms with Gasteiger partial charge in [-0.15, -0.1) is 21.5 Å². The van der Waals surface area contributed by atoms with Crippen molar-refractivity contribution in [2.75, 3.05) is 0 Å². The van der Waals surface area contributed by atoms with E-state index in [1.807, 2.05) is 59.2 Å². The normalized spacial score (nSPS) is 10.9. The summed E-state index contributed by atoms with van der Waals surface area (Å²) in [5.74, 6) is 0.990. The zero-order valence-corrected chi connectivity index (χ0v) is 20.6. The molecule has 174 valence electrons. The van der Waals surface area contributed by atoms with Crippen molar-refractivity contribution in [2.24, 2.45) is 0 Å². The van der Waals surface area contributed by atoms with Crippen LogP contribution in [0.25, 0.3) is 17.1 Å². The highest BCUT2D eigenvalue weighted by Crippen LogP contribution is 2.31. The molecule has 0 unspecified atom stereocenters. The van der Waals surface area contributed by atoms with Crippen molar-refractivity contribution in [3.8, 4) is 17.1 Å². The molecule has 1 N–H and O–H groups in total. The van der Waals surface area contributed by atoms with E-state index in [2.05, 4.69) is 30.5 Å². The molecule has 0 spiro atoms. The number of thioether (sulfide) groups is 1.